The lowest BCUT2D eigenvalue weighted by Crippen LogP contribution is -2.11. The van der Waals surface area contributed by atoms with E-state index in [1.807, 2.05) is 6.07 Å². The maximum absolute atomic E-state index is 11.1. The Morgan fingerprint density at radius 2 is 1.79 bits per heavy atom. The Labute approximate surface area is 153 Å². The van der Waals surface area contributed by atoms with Crippen LogP contribution >= 0.6 is 67.8 Å². The Morgan fingerprint density at radius 3 is 2.42 bits per heavy atom. The normalized spacial score (nSPS) is 10.5. The van der Waals surface area contributed by atoms with Crippen LogP contribution in [-0.4, -0.2) is 39.8 Å². The van der Waals surface area contributed by atoms with Crippen LogP contribution in [0.2, 0.25) is 0 Å². The minimum atomic E-state index is 0.453. The molecule has 0 bridgehead atoms. The molecule has 0 aliphatic rings. The molecule has 0 amide bonds. The predicted molar refractivity (Wildman–Crippen MR) is 98.2 cm³/mol. The summed E-state index contributed by atoms with van der Waals surface area (Å²) in [6.07, 6.45) is 0.863. The van der Waals surface area contributed by atoms with E-state index in [1.54, 1.807) is 7.11 Å². The van der Waals surface area contributed by atoms with E-state index in [2.05, 4.69) is 67.8 Å². The maximum atomic E-state index is 11.1. The monoisotopic (exact) mass is 602 g/mol. The van der Waals surface area contributed by atoms with Crippen molar-refractivity contribution in [3.05, 3.63) is 22.3 Å². The number of ether oxygens (including phenoxy) is 3. The van der Waals surface area contributed by atoms with Gasteiger partial charge in [0.25, 0.3) is 0 Å². The number of hydrogen-bond acceptors (Lipinski definition) is 4. The molecule has 19 heavy (non-hydrogen) atoms. The van der Waals surface area contributed by atoms with E-state index in [0.29, 0.717) is 32.0 Å². The van der Waals surface area contributed by atoms with Crippen molar-refractivity contribution >= 4 is 74.1 Å². The van der Waals surface area contributed by atoms with Crippen molar-refractivity contribution in [2.45, 2.75) is 0 Å². The summed E-state index contributed by atoms with van der Waals surface area (Å²) in [5.74, 6) is 0.749. The molecular weight excluding hydrogens is 589 g/mol. The second kappa shape index (κ2) is 9.68. The second-order valence-corrected chi connectivity index (χ2v) is 6.87. The number of benzene rings is 1. The van der Waals surface area contributed by atoms with Gasteiger partial charge in [0.1, 0.15) is 12.4 Å². The number of aldehydes is 1. The van der Waals surface area contributed by atoms with Crippen LogP contribution in [0, 0.1) is 10.7 Å². The zero-order valence-corrected chi connectivity index (χ0v) is 16.7. The number of halogens is 3. The highest BCUT2D eigenvalue weighted by Gasteiger charge is 2.14. The van der Waals surface area contributed by atoms with Crippen LogP contribution in [0.25, 0.3) is 0 Å². The third-order valence-electron chi connectivity index (χ3n) is 2.19. The van der Waals surface area contributed by atoms with Gasteiger partial charge in [0.05, 0.1) is 27.0 Å². The fourth-order valence-corrected chi connectivity index (χ4v) is 5.21. The fraction of sp³-hybridized carbons (Fsp3) is 0.417. The number of carbonyl (C=O) groups is 1. The Balaban J connectivity index is 2.61. The molecule has 1 aromatic carbocycles. The van der Waals surface area contributed by atoms with Gasteiger partial charge in [-0.1, -0.05) is 0 Å². The van der Waals surface area contributed by atoms with Crippen molar-refractivity contribution in [2.75, 3.05) is 33.5 Å². The lowest BCUT2D eigenvalue weighted by Gasteiger charge is -2.13. The van der Waals surface area contributed by atoms with Crippen molar-refractivity contribution in [2.24, 2.45) is 0 Å². The average Bonchev–Trinajstić information content (AvgIpc) is 2.37. The number of hydrogen-bond donors (Lipinski definition) is 0. The van der Waals surface area contributed by atoms with E-state index in [-0.39, 0.29) is 0 Å². The van der Waals surface area contributed by atoms with E-state index in [1.165, 1.54) is 0 Å². The highest BCUT2D eigenvalue weighted by Crippen LogP contribution is 2.32. The quantitative estimate of drug-likeness (QED) is 0.261. The highest BCUT2D eigenvalue weighted by molar-refractivity contribution is 14.1. The molecule has 106 valence electrons. The van der Waals surface area contributed by atoms with Gasteiger partial charge in [-0.3, -0.25) is 4.79 Å². The Kier molecular flexibility index (Phi) is 9.10. The fourth-order valence-electron chi connectivity index (χ4n) is 1.27. The van der Waals surface area contributed by atoms with Gasteiger partial charge in [-0.2, -0.15) is 0 Å². The van der Waals surface area contributed by atoms with E-state index in [4.69, 9.17) is 14.2 Å². The third kappa shape index (κ3) is 5.59. The van der Waals surface area contributed by atoms with Gasteiger partial charge in [-0.25, -0.2) is 0 Å². The predicted octanol–water partition coefficient (Wildman–Crippen LogP) is 3.35. The van der Waals surface area contributed by atoms with E-state index >= 15 is 0 Å². The second-order valence-electron chi connectivity index (χ2n) is 3.47. The molecule has 0 saturated carbocycles. The molecule has 4 nitrogen and oxygen atoms in total. The van der Waals surface area contributed by atoms with Gasteiger partial charge in [-0.15, -0.1) is 0 Å². The van der Waals surface area contributed by atoms with Crippen LogP contribution in [0.3, 0.4) is 0 Å². The Morgan fingerprint density at radius 1 is 1.11 bits per heavy atom. The van der Waals surface area contributed by atoms with Crippen molar-refractivity contribution in [3.8, 4) is 5.75 Å². The van der Waals surface area contributed by atoms with E-state index < -0.39 is 0 Å². The lowest BCUT2D eigenvalue weighted by molar-refractivity contribution is 0.0541. The maximum Gasteiger partial charge on any atom is 0.152 e. The summed E-state index contributed by atoms with van der Waals surface area (Å²) >= 11 is 6.50. The summed E-state index contributed by atoms with van der Waals surface area (Å²) < 4.78 is 18.7. The van der Waals surface area contributed by atoms with Gasteiger partial charge in [0.15, 0.2) is 6.29 Å². The SMILES string of the molecule is COCCOCCOc1c(I)cc(I)c(C=O)c1I. The van der Waals surface area contributed by atoms with E-state index in [0.717, 1.165) is 22.7 Å². The zero-order chi connectivity index (χ0) is 14.3. The van der Waals surface area contributed by atoms with Gasteiger partial charge >= 0.3 is 0 Å². The average molecular weight is 602 g/mol. The number of rotatable bonds is 8. The Hall–Kier alpha value is 0.800. The number of methoxy groups -OCH3 is 1. The molecule has 0 spiro atoms. The minimum absolute atomic E-state index is 0.453. The summed E-state index contributed by atoms with van der Waals surface area (Å²) in [6, 6.07) is 1.94. The summed E-state index contributed by atoms with van der Waals surface area (Å²) in [5, 5.41) is 0. The first-order chi connectivity index (χ1) is 9.11. The van der Waals surface area contributed by atoms with Gasteiger partial charge in [0, 0.05) is 16.2 Å². The molecule has 1 rings (SSSR count). The third-order valence-corrected chi connectivity index (χ3v) is 4.95. The Bertz CT molecular complexity index is 437. The van der Waals surface area contributed by atoms with Crippen LogP contribution in [-0.2, 0) is 9.47 Å². The molecular formula is C12H13I3O4. The molecule has 0 atom stereocenters. The van der Waals surface area contributed by atoms with Crippen molar-refractivity contribution in [1.29, 1.82) is 0 Å². The first kappa shape index (κ1) is 17.9. The number of carbonyl (C=O) groups excluding carboxylic acids is 1. The van der Waals surface area contributed by atoms with Crippen molar-refractivity contribution in [3.63, 3.8) is 0 Å². The molecule has 1 aromatic rings. The summed E-state index contributed by atoms with van der Waals surface area (Å²) in [5.41, 5.74) is 0.678. The smallest absolute Gasteiger partial charge is 0.152 e. The molecule has 0 aliphatic heterocycles. The molecule has 7 heteroatoms. The van der Waals surface area contributed by atoms with Gasteiger partial charge in [-0.05, 0) is 73.8 Å². The molecule has 0 fully saturated rings. The molecule has 0 heterocycles. The van der Waals surface area contributed by atoms with Crippen molar-refractivity contribution in [1.82, 2.24) is 0 Å². The minimum Gasteiger partial charge on any atom is -0.489 e. The summed E-state index contributed by atoms with van der Waals surface area (Å²) in [6.45, 7) is 2.08. The molecule has 0 unspecified atom stereocenters. The van der Waals surface area contributed by atoms with Crippen LogP contribution < -0.4 is 4.74 Å². The molecule has 0 aliphatic carbocycles. The molecule has 0 aromatic heterocycles. The topological polar surface area (TPSA) is 44.8 Å². The van der Waals surface area contributed by atoms with Gasteiger partial charge < -0.3 is 14.2 Å². The largest absolute Gasteiger partial charge is 0.489 e. The molecule has 0 radical (unpaired) electrons. The van der Waals surface area contributed by atoms with Crippen molar-refractivity contribution < 1.29 is 19.0 Å². The first-order valence-corrected chi connectivity index (χ1v) is 8.67. The first-order valence-electron chi connectivity index (χ1n) is 5.44. The van der Waals surface area contributed by atoms with Crippen LogP contribution in [0.15, 0.2) is 6.07 Å². The lowest BCUT2D eigenvalue weighted by atomic mass is 10.2. The highest BCUT2D eigenvalue weighted by atomic mass is 127. The van der Waals surface area contributed by atoms with Gasteiger partial charge in [0.2, 0.25) is 0 Å². The molecule has 0 saturated heterocycles. The van der Waals surface area contributed by atoms with Crippen LogP contribution in [0.5, 0.6) is 5.75 Å². The summed E-state index contributed by atoms with van der Waals surface area (Å²) in [4.78, 5) is 11.1. The molecule has 0 N–H and O–H groups in total. The van der Waals surface area contributed by atoms with E-state index in [9.17, 15) is 4.79 Å². The standard InChI is InChI=1S/C12H13I3O4/c1-17-2-3-18-4-5-19-12-10(14)6-9(13)8(7-16)11(12)15/h6-7H,2-5H2,1H3. The van der Waals surface area contributed by atoms with Crippen LogP contribution in [0.4, 0.5) is 0 Å². The summed E-state index contributed by atoms with van der Waals surface area (Å²) in [7, 11) is 1.64. The zero-order valence-electron chi connectivity index (χ0n) is 10.3. The van der Waals surface area contributed by atoms with Crippen LogP contribution in [0.1, 0.15) is 10.4 Å².